The number of carbonyl (C=O) groups is 1. The van der Waals surface area contributed by atoms with Gasteiger partial charge in [0.2, 0.25) is 15.9 Å². The van der Waals surface area contributed by atoms with Gasteiger partial charge in [-0.2, -0.15) is 4.31 Å². The van der Waals surface area contributed by atoms with E-state index in [-0.39, 0.29) is 14.9 Å². The van der Waals surface area contributed by atoms with Gasteiger partial charge in [0.25, 0.3) is 0 Å². The third kappa shape index (κ3) is 4.13. The molecule has 1 rings (SSSR count). The van der Waals surface area contributed by atoms with E-state index in [4.69, 9.17) is 35.3 Å². The Hall–Kier alpha value is -1.22. The molecule has 0 saturated heterocycles. The van der Waals surface area contributed by atoms with Gasteiger partial charge in [0.15, 0.2) is 0 Å². The van der Waals surface area contributed by atoms with E-state index < -0.39 is 28.5 Å². The fraction of sp³-hybridized carbons (Fsp3) is 0.333. The van der Waals surface area contributed by atoms with E-state index in [1.807, 2.05) is 0 Å². The standard InChI is InChI=1S/C12H16ClN3O3S2/c1-7(2)16(6-11(14)17)21(18,19)10-5-8(12(15)20)3-4-9(10)13/h3-5,7H,6H2,1-2H3,(H2,14,17)(H2,15,20). The van der Waals surface area contributed by atoms with Crippen LogP contribution in [0, 0.1) is 0 Å². The average molecular weight is 350 g/mol. The molecule has 0 fully saturated rings. The van der Waals surface area contributed by atoms with Crippen LogP contribution in [0.2, 0.25) is 5.02 Å². The maximum atomic E-state index is 12.7. The van der Waals surface area contributed by atoms with Gasteiger partial charge in [-0.05, 0) is 26.0 Å². The molecule has 0 aromatic heterocycles. The molecule has 6 nitrogen and oxygen atoms in total. The van der Waals surface area contributed by atoms with Crippen LogP contribution in [0.4, 0.5) is 0 Å². The first-order chi connectivity index (χ1) is 9.57. The molecule has 0 aliphatic rings. The summed E-state index contributed by atoms with van der Waals surface area (Å²) in [6, 6.07) is 3.74. The Morgan fingerprint density at radius 2 is 1.95 bits per heavy atom. The van der Waals surface area contributed by atoms with Crippen molar-refractivity contribution in [2.24, 2.45) is 11.5 Å². The molecule has 1 aromatic carbocycles. The van der Waals surface area contributed by atoms with Crippen molar-refractivity contribution in [2.75, 3.05) is 6.54 Å². The van der Waals surface area contributed by atoms with Gasteiger partial charge < -0.3 is 11.5 Å². The summed E-state index contributed by atoms with van der Waals surface area (Å²) in [5, 5.41) is 0.0186. The minimum atomic E-state index is -4.00. The number of carbonyl (C=O) groups excluding carboxylic acids is 1. The van der Waals surface area contributed by atoms with Crippen LogP contribution in [0.1, 0.15) is 19.4 Å². The summed E-state index contributed by atoms with van der Waals surface area (Å²) >= 11 is 10.8. The Morgan fingerprint density at radius 1 is 1.38 bits per heavy atom. The highest BCUT2D eigenvalue weighted by Crippen LogP contribution is 2.27. The molecule has 4 N–H and O–H groups in total. The number of nitrogens with two attached hydrogens (primary N) is 2. The molecule has 1 amide bonds. The maximum absolute atomic E-state index is 12.7. The predicted molar refractivity (Wildman–Crippen MR) is 85.6 cm³/mol. The van der Waals surface area contributed by atoms with Crippen molar-refractivity contribution in [2.45, 2.75) is 24.8 Å². The van der Waals surface area contributed by atoms with E-state index in [9.17, 15) is 13.2 Å². The molecule has 0 bridgehead atoms. The average Bonchev–Trinajstić information content (AvgIpc) is 2.35. The van der Waals surface area contributed by atoms with Crippen molar-refractivity contribution in [3.63, 3.8) is 0 Å². The highest BCUT2D eigenvalue weighted by Gasteiger charge is 2.30. The Bertz CT molecular complexity index is 674. The SMILES string of the molecule is CC(C)N(CC(N)=O)S(=O)(=O)c1cc(C(N)=S)ccc1Cl. The number of sulfonamides is 1. The summed E-state index contributed by atoms with van der Waals surface area (Å²) in [6.45, 7) is 2.82. The van der Waals surface area contributed by atoms with E-state index in [1.54, 1.807) is 13.8 Å². The molecule has 21 heavy (non-hydrogen) atoms. The van der Waals surface area contributed by atoms with Gasteiger partial charge in [-0.15, -0.1) is 0 Å². The smallest absolute Gasteiger partial charge is 0.245 e. The highest BCUT2D eigenvalue weighted by atomic mass is 35.5. The summed E-state index contributed by atoms with van der Waals surface area (Å²) < 4.78 is 26.3. The van der Waals surface area contributed by atoms with Gasteiger partial charge in [0.1, 0.15) is 9.88 Å². The van der Waals surface area contributed by atoms with Crippen LogP contribution in [0.5, 0.6) is 0 Å². The van der Waals surface area contributed by atoms with Crippen molar-refractivity contribution in [1.82, 2.24) is 4.31 Å². The van der Waals surface area contributed by atoms with Gasteiger partial charge in [0.05, 0.1) is 11.6 Å². The van der Waals surface area contributed by atoms with Gasteiger partial charge in [-0.1, -0.05) is 29.9 Å². The molecule has 9 heteroatoms. The van der Waals surface area contributed by atoms with E-state index >= 15 is 0 Å². The molecule has 0 radical (unpaired) electrons. The molecule has 116 valence electrons. The van der Waals surface area contributed by atoms with Gasteiger partial charge in [0, 0.05) is 11.6 Å². The van der Waals surface area contributed by atoms with Crippen LogP contribution in [-0.4, -0.2) is 36.2 Å². The first-order valence-corrected chi connectivity index (χ1v) is 8.19. The number of benzene rings is 1. The molecule has 0 aliphatic heterocycles. The second-order valence-corrected chi connectivity index (χ2v) is 7.33. The fourth-order valence-corrected chi connectivity index (χ4v) is 3.91. The molecule has 0 heterocycles. The molecule has 0 unspecified atom stereocenters. The summed E-state index contributed by atoms with van der Waals surface area (Å²) in [4.78, 5) is 11.0. The Balaban J connectivity index is 3.43. The van der Waals surface area contributed by atoms with Crippen LogP contribution in [0.3, 0.4) is 0 Å². The Labute approximate surface area is 134 Å². The van der Waals surface area contributed by atoms with Crippen molar-refractivity contribution in [3.8, 4) is 0 Å². The molecule has 1 aromatic rings. The lowest BCUT2D eigenvalue weighted by Gasteiger charge is -2.25. The maximum Gasteiger partial charge on any atom is 0.245 e. The van der Waals surface area contributed by atoms with Crippen LogP contribution in [0.25, 0.3) is 0 Å². The summed E-state index contributed by atoms with van der Waals surface area (Å²) in [7, 11) is -4.00. The van der Waals surface area contributed by atoms with Crippen molar-refractivity contribution < 1.29 is 13.2 Å². The van der Waals surface area contributed by atoms with E-state index in [1.165, 1.54) is 18.2 Å². The zero-order chi connectivity index (χ0) is 16.4. The van der Waals surface area contributed by atoms with Gasteiger partial charge in [-0.3, -0.25) is 4.79 Å². The number of thiocarbonyl (C=S) groups is 1. The first-order valence-electron chi connectivity index (χ1n) is 5.97. The number of rotatable bonds is 6. The van der Waals surface area contributed by atoms with E-state index in [0.717, 1.165) is 4.31 Å². The molecular weight excluding hydrogens is 334 g/mol. The lowest BCUT2D eigenvalue weighted by Crippen LogP contribution is -2.42. The number of nitrogens with zero attached hydrogens (tertiary/aromatic N) is 1. The first kappa shape index (κ1) is 17.8. The minimum absolute atomic E-state index is 0.0186. The summed E-state index contributed by atoms with van der Waals surface area (Å²) in [5.41, 5.74) is 11.0. The molecule has 0 aliphatic carbocycles. The lowest BCUT2D eigenvalue weighted by molar-refractivity contribution is -0.118. The third-order valence-corrected chi connectivity index (χ3v) is 5.43. The second kappa shape index (κ2) is 6.69. The molecular formula is C12H16ClN3O3S2. The number of hydrogen-bond acceptors (Lipinski definition) is 4. The highest BCUT2D eigenvalue weighted by molar-refractivity contribution is 7.89. The number of halogens is 1. The third-order valence-electron chi connectivity index (χ3n) is 2.69. The molecule has 0 spiro atoms. The minimum Gasteiger partial charge on any atom is -0.389 e. The lowest BCUT2D eigenvalue weighted by atomic mass is 10.2. The predicted octanol–water partition coefficient (Wildman–Crippen LogP) is 0.859. The van der Waals surface area contributed by atoms with Crippen LogP contribution >= 0.6 is 23.8 Å². The number of hydrogen-bond donors (Lipinski definition) is 2. The molecule has 0 saturated carbocycles. The Kier molecular flexibility index (Phi) is 5.68. The number of primary amides is 1. The summed E-state index contributed by atoms with van der Waals surface area (Å²) in [5.74, 6) is -0.756. The second-order valence-electron chi connectivity index (χ2n) is 4.62. The Morgan fingerprint density at radius 3 is 2.38 bits per heavy atom. The monoisotopic (exact) mass is 349 g/mol. The van der Waals surface area contributed by atoms with Crippen molar-refractivity contribution >= 4 is 44.7 Å². The summed E-state index contributed by atoms with van der Waals surface area (Å²) in [6.07, 6.45) is 0. The van der Waals surface area contributed by atoms with Gasteiger partial charge >= 0.3 is 0 Å². The van der Waals surface area contributed by atoms with Gasteiger partial charge in [-0.25, -0.2) is 8.42 Å². The zero-order valence-electron chi connectivity index (χ0n) is 11.5. The normalized spacial score (nSPS) is 11.9. The largest absolute Gasteiger partial charge is 0.389 e. The van der Waals surface area contributed by atoms with Crippen molar-refractivity contribution in [1.29, 1.82) is 0 Å². The van der Waals surface area contributed by atoms with Crippen LogP contribution in [-0.2, 0) is 14.8 Å². The number of amides is 1. The van der Waals surface area contributed by atoms with E-state index in [0.29, 0.717) is 5.56 Å². The van der Waals surface area contributed by atoms with Crippen LogP contribution < -0.4 is 11.5 Å². The van der Waals surface area contributed by atoms with E-state index in [2.05, 4.69) is 0 Å². The topological polar surface area (TPSA) is 106 Å². The quantitative estimate of drug-likeness (QED) is 0.741. The molecule has 0 atom stereocenters. The van der Waals surface area contributed by atoms with Crippen molar-refractivity contribution in [3.05, 3.63) is 28.8 Å². The van der Waals surface area contributed by atoms with Crippen LogP contribution in [0.15, 0.2) is 23.1 Å². The fourth-order valence-electron chi connectivity index (χ4n) is 1.68. The zero-order valence-corrected chi connectivity index (χ0v) is 13.9.